The van der Waals surface area contributed by atoms with Gasteiger partial charge in [-0.3, -0.25) is 4.79 Å². The van der Waals surface area contributed by atoms with Crippen LogP contribution in [0.25, 0.3) is 10.9 Å². The maximum atomic E-state index is 12.7. The molecule has 3 nitrogen and oxygen atoms in total. The molecule has 5 heteroatoms. The van der Waals surface area contributed by atoms with E-state index in [0.29, 0.717) is 23.7 Å². The van der Waals surface area contributed by atoms with E-state index in [2.05, 4.69) is 4.98 Å². The number of hydrogen-bond acceptors (Lipinski definition) is 1. The van der Waals surface area contributed by atoms with Crippen LogP contribution in [0, 0.1) is 0 Å². The molecule has 0 bridgehead atoms. The normalized spacial score (nSPS) is 14.1. The van der Waals surface area contributed by atoms with Gasteiger partial charge in [-0.05, 0) is 48.4 Å². The molecule has 0 saturated heterocycles. The molecule has 0 aliphatic carbocycles. The average Bonchev–Trinajstić information content (AvgIpc) is 2.91. The van der Waals surface area contributed by atoms with Gasteiger partial charge in [0.2, 0.25) is 0 Å². The molecule has 0 spiro atoms. The molecule has 0 unspecified atom stereocenters. The van der Waals surface area contributed by atoms with Crippen LogP contribution in [0.2, 0.25) is 10.0 Å². The highest BCUT2D eigenvalue weighted by atomic mass is 35.5. The highest BCUT2D eigenvalue weighted by Crippen LogP contribution is 2.30. The van der Waals surface area contributed by atoms with Gasteiger partial charge in [0.15, 0.2) is 0 Å². The van der Waals surface area contributed by atoms with Crippen LogP contribution in [-0.2, 0) is 13.0 Å². The van der Waals surface area contributed by atoms with E-state index in [0.717, 1.165) is 28.0 Å². The molecule has 0 fully saturated rings. The Morgan fingerprint density at radius 1 is 1.09 bits per heavy atom. The molecular weight excluding hydrogens is 331 g/mol. The van der Waals surface area contributed by atoms with E-state index in [1.165, 1.54) is 5.56 Å². The minimum absolute atomic E-state index is 0.00911. The Hall–Kier alpha value is -1.97. The fourth-order valence-corrected chi connectivity index (χ4v) is 3.55. The number of aromatic amines is 1. The number of rotatable bonds is 1. The van der Waals surface area contributed by atoms with Crippen LogP contribution in [0.3, 0.4) is 0 Å². The quantitative estimate of drug-likeness (QED) is 0.683. The molecule has 0 saturated carbocycles. The first kappa shape index (κ1) is 14.6. The van der Waals surface area contributed by atoms with Gasteiger partial charge in [0, 0.05) is 38.8 Å². The molecule has 2 heterocycles. The fourth-order valence-electron chi connectivity index (χ4n) is 3.19. The predicted molar refractivity (Wildman–Crippen MR) is 93.2 cm³/mol. The van der Waals surface area contributed by atoms with E-state index >= 15 is 0 Å². The largest absolute Gasteiger partial charge is 0.357 e. The van der Waals surface area contributed by atoms with Crippen LogP contribution in [0.4, 0.5) is 0 Å². The maximum absolute atomic E-state index is 12.7. The molecule has 116 valence electrons. The first-order chi connectivity index (χ1) is 11.1. The summed E-state index contributed by atoms with van der Waals surface area (Å²) in [6, 6.07) is 12.9. The third-order valence-electron chi connectivity index (χ3n) is 4.30. The standard InChI is InChI=1S/C18H14Cl2N2O/c19-12-3-1-2-11(8-12)18(23)22-7-6-14-15-9-13(20)4-5-16(15)21-17(14)10-22/h1-5,8-9,21H,6-7,10H2. The van der Waals surface area contributed by atoms with E-state index in [1.807, 2.05) is 23.1 Å². The predicted octanol–water partition coefficient (Wildman–Crippen LogP) is 4.67. The van der Waals surface area contributed by atoms with Gasteiger partial charge in [-0.15, -0.1) is 0 Å². The number of nitrogens with one attached hydrogen (secondary N) is 1. The third kappa shape index (κ3) is 2.60. The number of carbonyl (C=O) groups excluding carboxylic acids is 1. The van der Waals surface area contributed by atoms with Crippen LogP contribution in [0.15, 0.2) is 42.5 Å². The monoisotopic (exact) mass is 344 g/mol. The highest BCUT2D eigenvalue weighted by Gasteiger charge is 2.24. The Balaban J connectivity index is 1.66. The van der Waals surface area contributed by atoms with Gasteiger partial charge in [-0.2, -0.15) is 0 Å². The van der Waals surface area contributed by atoms with E-state index in [9.17, 15) is 4.79 Å². The van der Waals surface area contributed by atoms with Gasteiger partial charge in [0.1, 0.15) is 0 Å². The van der Waals surface area contributed by atoms with E-state index < -0.39 is 0 Å². The molecule has 0 atom stereocenters. The minimum atomic E-state index is 0.00911. The number of aromatic nitrogens is 1. The molecular formula is C18H14Cl2N2O. The van der Waals surface area contributed by atoms with Crippen LogP contribution in [-0.4, -0.2) is 22.3 Å². The van der Waals surface area contributed by atoms with Crippen molar-refractivity contribution in [2.75, 3.05) is 6.54 Å². The second-order valence-corrected chi connectivity index (χ2v) is 6.63. The number of amides is 1. The number of fused-ring (bicyclic) bond motifs is 3. The molecule has 1 amide bonds. The maximum Gasteiger partial charge on any atom is 0.254 e. The number of benzene rings is 2. The SMILES string of the molecule is O=C(c1cccc(Cl)c1)N1CCc2c([nH]c3ccc(Cl)cc23)C1. The van der Waals surface area contributed by atoms with Crippen molar-refractivity contribution in [2.24, 2.45) is 0 Å². The van der Waals surface area contributed by atoms with E-state index in [1.54, 1.807) is 24.3 Å². The Labute approximate surface area is 143 Å². The number of carbonyl (C=O) groups is 1. The summed E-state index contributed by atoms with van der Waals surface area (Å²) in [7, 11) is 0. The summed E-state index contributed by atoms with van der Waals surface area (Å²) in [6.07, 6.45) is 0.821. The lowest BCUT2D eigenvalue weighted by Crippen LogP contribution is -2.35. The minimum Gasteiger partial charge on any atom is -0.357 e. The molecule has 1 aliphatic rings. The van der Waals surface area contributed by atoms with E-state index in [-0.39, 0.29) is 5.91 Å². The summed E-state index contributed by atoms with van der Waals surface area (Å²) in [5.41, 5.74) is 4.04. The van der Waals surface area contributed by atoms with Crippen LogP contribution < -0.4 is 0 Å². The zero-order chi connectivity index (χ0) is 16.0. The van der Waals surface area contributed by atoms with Gasteiger partial charge in [-0.1, -0.05) is 29.3 Å². The summed E-state index contributed by atoms with van der Waals surface area (Å²) >= 11 is 12.1. The van der Waals surface area contributed by atoms with Crippen molar-refractivity contribution in [3.63, 3.8) is 0 Å². The molecule has 3 aromatic rings. The average molecular weight is 345 g/mol. The molecule has 4 rings (SSSR count). The summed E-state index contributed by atoms with van der Waals surface area (Å²) in [5.74, 6) is 0.00911. The Morgan fingerprint density at radius 2 is 1.91 bits per heavy atom. The van der Waals surface area contributed by atoms with Gasteiger partial charge in [0.25, 0.3) is 5.91 Å². The Bertz CT molecular complexity index is 917. The van der Waals surface area contributed by atoms with Crippen molar-refractivity contribution in [1.82, 2.24) is 9.88 Å². The molecule has 2 aromatic carbocycles. The number of H-pyrrole nitrogens is 1. The molecule has 1 aliphatic heterocycles. The van der Waals surface area contributed by atoms with Crippen molar-refractivity contribution in [2.45, 2.75) is 13.0 Å². The van der Waals surface area contributed by atoms with Gasteiger partial charge < -0.3 is 9.88 Å². The second-order valence-electron chi connectivity index (χ2n) is 5.76. The Kier molecular flexibility index (Phi) is 3.55. The number of hydrogen-bond donors (Lipinski definition) is 1. The molecule has 0 radical (unpaired) electrons. The third-order valence-corrected chi connectivity index (χ3v) is 4.77. The zero-order valence-electron chi connectivity index (χ0n) is 12.3. The lowest BCUT2D eigenvalue weighted by atomic mass is 10.0. The molecule has 23 heavy (non-hydrogen) atoms. The summed E-state index contributed by atoms with van der Waals surface area (Å²) in [4.78, 5) is 17.9. The van der Waals surface area contributed by atoms with Crippen LogP contribution in [0.1, 0.15) is 21.6 Å². The first-order valence-electron chi connectivity index (χ1n) is 7.45. The first-order valence-corrected chi connectivity index (χ1v) is 8.21. The van der Waals surface area contributed by atoms with Gasteiger partial charge in [0.05, 0.1) is 6.54 Å². The number of halogens is 2. The topological polar surface area (TPSA) is 36.1 Å². The van der Waals surface area contributed by atoms with Crippen LogP contribution >= 0.6 is 23.2 Å². The van der Waals surface area contributed by atoms with Crippen LogP contribution in [0.5, 0.6) is 0 Å². The molecule has 1 aromatic heterocycles. The second kappa shape index (κ2) is 5.59. The summed E-state index contributed by atoms with van der Waals surface area (Å²) in [5, 5.41) is 2.47. The van der Waals surface area contributed by atoms with Gasteiger partial charge in [-0.25, -0.2) is 0 Å². The van der Waals surface area contributed by atoms with Crippen molar-refractivity contribution < 1.29 is 4.79 Å². The lowest BCUT2D eigenvalue weighted by molar-refractivity contribution is 0.0733. The number of nitrogens with zero attached hydrogens (tertiary/aromatic N) is 1. The lowest BCUT2D eigenvalue weighted by Gasteiger charge is -2.27. The highest BCUT2D eigenvalue weighted by molar-refractivity contribution is 6.31. The van der Waals surface area contributed by atoms with E-state index in [4.69, 9.17) is 23.2 Å². The van der Waals surface area contributed by atoms with Gasteiger partial charge >= 0.3 is 0 Å². The Morgan fingerprint density at radius 3 is 2.74 bits per heavy atom. The smallest absolute Gasteiger partial charge is 0.254 e. The fraction of sp³-hybridized carbons (Fsp3) is 0.167. The molecule has 1 N–H and O–H groups in total. The van der Waals surface area contributed by atoms with Crippen molar-refractivity contribution in [1.29, 1.82) is 0 Å². The summed E-state index contributed by atoms with van der Waals surface area (Å²) in [6.45, 7) is 1.27. The van der Waals surface area contributed by atoms with Crippen molar-refractivity contribution >= 4 is 40.0 Å². The van der Waals surface area contributed by atoms with Crippen molar-refractivity contribution in [3.05, 3.63) is 69.3 Å². The summed E-state index contributed by atoms with van der Waals surface area (Å²) < 4.78 is 0. The van der Waals surface area contributed by atoms with Crippen molar-refractivity contribution in [3.8, 4) is 0 Å². The zero-order valence-corrected chi connectivity index (χ0v) is 13.8.